The fourth-order valence-electron chi connectivity index (χ4n) is 6.30. The van der Waals surface area contributed by atoms with E-state index in [1.54, 1.807) is 43.5 Å². The van der Waals surface area contributed by atoms with Gasteiger partial charge in [-0.2, -0.15) is 13.2 Å². The Bertz CT molecular complexity index is 2000. The van der Waals surface area contributed by atoms with Crippen LogP contribution in [-0.4, -0.2) is 55.0 Å². The van der Waals surface area contributed by atoms with Crippen molar-refractivity contribution in [2.24, 2.45) is 5.92 Å². The number of rotatable bonds is 12. The van der Waals surface area contributed by atoms with Crippen molar-refractivity contribution in [3.05, 3.63) is 86.7 Å². The summed E-state index contributed by atoms with van der Waals surface area (Å²) < 4.78 is 61.0. The van der Waals surface area contributed by atoms with Gasteiger partial charge in [0, 0.05) is 38.9 Å². The third kappa shape index (κ3) is 9.11. The fourth-order valence-corrected chi connectivity index (χ4v) is 8.01. The largest absolute Gasteiger partial charge is 0.461 e. The third-order valence-corrected chi connectivity index (χ3v) is 11.0. The van der Waals surface area contributed by atoms with Crippen molar-refractivity contribution in [1.29, 1.82) is 0 Å². The number of H-pyrrole nitrogens is 1. The summed E-state index contributed by atoms with van der Waals surface area (Å²) in [6.45, 7) is 7.41. The molecule has 0 bridgehead atoms. The second-order valence-corrected chi connectivity index (χ2v) is 16.4. The fraction of sp³-hybridized carbons (Fsp3) is 0.417. The average molecular weight is 887 g/mol. The van der Waals surface area contributed by atoms with Crippen LogP contribution in [0, 0.1) is 11.7 Å². The molecule has 0 aliphatic heterocycles. The van der Waals surface area contributed by atoms with Crippen molar-refractivity contribution in [2.75, 3.05) is 6.61 Å². The number of amides is 2. The normalized spacial score (nSPS) is 17.4. The molecule has 2 heterocycles. The van der Waals surface area contributed by atoms with Crippen LogP contribution in [0.3, 0.4) is 0 Å². The Morgan fingerprint density at radius 3 is 2.51 bits per heavy atom. The second kappa shape index (κ2) is 16.7. The van der Waals surface area contributed by atoms with Gasteiger partial charge in [-0.3, -0.25) is 9.59 Å². The zero-order chi connectivity index (χ0) is 38.7. The smallest absolute Gasteiger partial charge is 0.418 e. The number of aryl methyl sites for hydroxylation is 1. The number of fused-ring (bicyclic) bond motifs is 3. The lowest BCUT2D eigenvalue weighted by atomic mass is 9.78. The molecule has 10 nitrogen and oxygen atoms in total. The SMILES string of the molecule is CCOC(=O)c1csc([C@@H](NC(=O)[C@@]2(NC(=O)[C@@H](NC(=S)NCc3ccccc3F)[C@@H](C)I)CCc3[nH]c4c(C(F)(F)F)cccc4c3C2)C(C)C)n1. The van der Waals surface area contributed by atoms with Gasteiger partial charge in [0.2, 0.25) is 11.8 Å². The van der Waals surface area contributed by atoms with Crippen LogP contribution in [0.25, 0.3) is 10.9 Å². The lowest BCUT2D eigenvalue weighted by molar-refractivity contribution is -0.136. The van der Waals surface area contributed by atoms with Crippen LogP contribution >= 0.6 is 46.1 Å². The van der Waals surface area contributed by atoms with Crippen LogP contribution in [0.4, 0.5) is 17.6 Å². The molecule has 284 valence electrons. The van der Waals surface area contributed by atoms with E-state index < -0.39 is 53.0 Å². The number of nitrogens with zero attached hydrogens (tertiary/aromatic N) is 1. The number of esters is 1. The Hall–Kier alpha value is -3.84. The predicted octanol–water partition coefficient (Wildman–Crippen LogP) is 6.67. The van der Waals surface area contributed by atoms with Gasteiger partial charge in [-0.15, -0.1) is 11.3 Å². The van der Waals surface area contributed by atoms with Crippen molar-refractivity contribution in [3.8, 4) is 0 Å². The summed E-state index contributed by atoms with van der Waals surface area (Å²) in [7, 11) is 0. The number of aromatic amines is 1. The molecule has 1 aliphatic carbocycles. The number of thiocarbonyl (C=S) groups is 1. The number of para-hydroxylation sites is 1. The molecule has 4 atom stereocenters. The van der Waals surface area contributed by atoms with Gasteiger partial charge in [0.1, 0.15) is 22.4 Å². The van der Waals surface area contributed by atoms with Crippen molar-refractivity contribution in [2.45, 2.75) is 81.2 Å². The molecule has 0 saturated carbocycles. The molecule has 53 heavy (non-hydrogen) atoms. The van der Waals surface area contributed by atoms with Crippen molar-refractivity contribution >= 4 is 79.9 Å². The number of carbonyl (C=O) groups excluding carboxylic acids is 3. The Morgan fingerprint density at radius 2 is 1.85 bits per heavy atom. The molecule has 17 heteroatoms. The number of hydrogen-bond donors (Lipinski definition) is 5. The summed E-state index contributed by atoms with van der Waals surface area (Å²) >= 11 is 8.70. The first-order valence-electron chi connectivity index (χ1n) is 16.9. The minimum absolute atomic E-state index is 0.0564. The first kappa shape index (κ1) is 40.3. The summed E-state index contributed by atoms with van der Waals surface area (Å²) in [5.74, 6) is -2.37. The van der Waals surface area contributed by atoms with Gasteiger partial charge in [0.15, 0.2) is 10.8 Å². The van der Waals surface area contributed by atoms with E-state index in [2.05, 4.69) is 53.8 Å². The molecule has 0 saturated heterocycles. The monoisotopic (exact) mass is 886 g/mol. The molecule has 1 aliphatic rings. The van der Waals surface area contributed by atoms with Crippen molar-refractivity contribution in [3.63, 3.8) is 0 Å². The van der Waals surface area contributed by atoms with E-state index in [0.717, 1.165) is 6.07 Å². The summed E-state index contributed by atoms with van der Waals surface area (Å²) in [6, 6.07) is 8.43. The topological polar surface area (TPSA) is 137 Å². The van der Waals surface area contributed by atoms with Gasteiger partial charge in [-0.25, -0.2) is 14.2 Å². The Balaban J connectivity index is 1.47. The van der Waals surface area contributed by atoms with Crippen LogP contribution in [0.2, 0.25) is 0 Å². The van der Waals surface area contributed by atoms with E-state index in [9.17, 15) is 31.9 Å². The van der Waals surface area contributed by atoms with Crippen LogP contribution < -0.4 is 21.3 Å². The summed E-state index contributed by atoms with van der Waals surface area (Å²) in [5.41, 5.74) is -1.03. The highest BCUT2D eigenvalue weighted by Crippen LogP contribution is 2.40. The standard InChI is InChI=1S/C36H39F4IN6O4S2/c1-5-51-32(49)26-17-53-31(44-26)27(18(2)3)45-33(50)35(14-13-25-22(15-35)21-10-8-11-23(29(21)43-25)36(38,39)40)47-30(48)28(19(4)41)46-34(52)42-16-20-9-6-7-12-24(20)37/h6-12,17-19,27-28,43H,5,13-16H2,1-4H3,(H,45,50)(H,47,48)(H2,42,46,52)/t19-,27+,28+,35-/m1/s1. The molecule has 0 radical (unpaired) electrons. The number of ether oxygens (including phenoxy) is 1. The number of carbonyl (C=O) groups is 3. The van der Waals surface area contributed by atoms with E-state index in [1.165, 1.54) is 23.5 Å². The molecular formula is C36H39F4IN6O4S2. The highest BCUT2D eigenvalue weighted by Gasteiger charge is 2.47. The average Bonchev–Trinajstić information content (AvgIpc) is 3.73. The molecular weight excluding hydrogens is 847 g/mol. The zero-order valence-corrected chi connectivity index (χ0v) is 33.0. The van der Waals surface area contributed by atoms with E-state index in [1.807, 2.05) is 13.8 Å². The van der Waals surface area contributed by atoms with Crippen LogP contribution in [-0.2, 0) is 39.9 Å². The number of aromatic nitrogens is 2. The predicted molar refractivity (Wildman–Crippen MR) is 206 cm³/mol. The molecule has 2 aromatic carbocycles. The highest BCUT2D eigenvalue weighted by atomic mass is 127. The van der Waals surface area contributed by atoms with Gasteiger partial charge >= 0.3 is 12.1 Å². The van der Waals surface area contributed by atoms with Crippen LogP contribution in [0.15, 0.2) is 47.8 Å². The zero-order valence-electron chi connectivity index (χ0n) is 29.3. The Labute approximate surface area is 326 Å². The van der Waals surface area contributed by atoms with E-state index in [4.69, 9.17) is 17.0 Å². The van der Waals surface area contributed by atoms with E-state index >= 15 is 0 Å². The lowest BCUT2D eigenvalue weighted by Crippen LogP contribution is -2.66. The third-order valence-electron chi connectivity index (χ3n) is 9.06. The number of alkyl halides is 4. The maximum Gasteiger partial charge on any atom is 0.418 e. The first-order valence-corrected chi connectivity index (χ1v) is 19.4. The molecule has 4 aromatic rings. The quantitative estimate of drug-likeness (QED) is 0.0350. The van der Waals surface area contributed by atoms with Crippen molar-refractivity contribution < 1.29 is 36.7 Å². The molecule has 5 rings (SSSR count). The van der Waals surface area contributed by atoms with Gasteiger partial charge in [-0.1, -0.05) is 73.7 Å². The molecule has 0 fully saturated rings. The minimum atomic E-state index is -4.62. The first-order chi connectivity index (χ1) is 25.0. The number of halogens is 5. The molecule has 0 spiro atoms. The van der Waals surface area contributed by atoms with E-state index in [0.29, 0.717) is 27.2 Å². The molecule has 5 N–H and O–H groups in total. The number of thiazole rings is 1. The number of hydrogen-bond acceptors (Lipinski definition) is 7. The Kier molecular flexibility index (Phi) is 12.7. The minimum Gasteiger partial charge on any atom is -0.461 e. The lowest BCUT2D eigenvalue weighted by Gasteiger charge is -2.39. The van der Waals surface area contributed by atoms with E-state index in [-0.39, 0.29) is 58.6 Å². The van der Waals surface area contributed by atoms with Crippen molar-refractivity contribution in [1.82, 2.24) is 31.2 Å². The van der Waals surface area contributed by atoms with Gasteiger partial charge in [0.05, 0.1) is 23.7 Å². The van der Waals surface area contributed by atoms with Gasteiger partial charge in [0.25, 0.3) is 0 Å². The van der Waals surface area contributed by atoms with Gasteiger partial charge in [-0.05, 0) is 55.6 Å². The maximum absolute atomic E-state index is 14.7. The summed E-state index contributed by atoms with van der Waals surface area (Å²) in [5, 5.41) is 14.3. The van der Waals surface area contributed by atoms with Crippen LogP contribution in [0.5, 0.6) is 0 Å². The number of benzene rings is 2. The van der Waals surface area contributed by atoms with Gasteiger partial charge < -0.3 is 31.0 Å². The molecule has 0 unspecified atom stereocenters. The molecule has 2 amide bonds. The number of nitrogens with one attached hydrogen (secondary N) is 5. The second-order valence-electron chi connectivity index (χ2n) is 13.1. The van der Waals surface area contributed by atoms with Crippen LogP contribution in [0.1, 0.15) is 78.0 Å². The summed E-state index contributed by atoms with van der Waals surface area (Å²) in [4.78, 5) is 48.7. The maximum atomic E-state index is 14.7. The highest BCUT2D eigenvalue weighted by molar-refractivity contribution is 14.1. The summed E-state index contributed by atoms with van der Waals surface area (Å²) in [6.07, 6.45) is -4.52. The molecule has 2 aromatic heterocycles. The Morgan fingerprint density at radius 1 is 1.11 bits per heavy atom.